The minimum absolute atomic E-state index is 0.812. The molecule has 1 aliphatic rings. The van der Waals surface area contributed by atoms with Crippen LogP contribution in [0.4, 0.5) is 5.82 Å². The van der Waals surface area contributed by atoms with Gasteiger partial charge < -0.3 is 4.90 Å². The standard InChI is InChI=1S/C18H21N5/c1-13-12-14(2)23(21-13)18-16-9-5-4-8-15(16)17(19-20-18)22-10-6-3-7-11-22/h4-5,8-9,12H,3,6-7,10-11H2,1-2H3. The topological polar surface area (TPSA) is 46.8 Å². The van der Waals surface area contributed by atoms with Crippen molar-refractivity contribution < 1.29 is 0 Å². The first-order valence-electron chi connectivity index (χ1n) is 8.28. The van der Waals surface area contributed by atoms with E-state index in [9.17, 15) is 0 Å². The minimum Gasteiger partial charge on any atom is -0.355 e. The molecule has 1 aliphatic heterocycles. The third-order valence-corrected chi connectivity index (χ3v) is 4.51. The molecule has 0 atom stereocenters. The van der Waals surface area contributed by atoms with Crippen LogP contribution in [-0.2, 0) is 0 Å². The maximum Gasteiger partial charge on any atom is 0.183 e. The van der Waals surface area contributed by atoms with Crippen molar-refractivity contribution in [2.75, 3.05) is 18.0 Å². The monoisotopic (exact) mass is 307 g/mol. The minimum atomic E-state index is 0.812. The molecule has 0 N–H and O–H groups in total. The summed E-state index contributed by atoms with van der Waals surface area (Å²) >= 11 is 0. The number of hydrogen-bond acceptors (Lipinski definition) is 4. The lowest BCUT2D eigenvalue weighted by Crippen LogP contribution is -2.30. The number of aromatic nitrogens is 4. The maximum atomic E-state index is 4.57. The van der Waals surface area contributed by atoms with Crippen molar-refractivity contribution in [3.63, 3.8) is 0 Å². The Hall–Kier alpha value is -2.43. The molecule has 0 bridgehead atoms. The Morgan fingerprint density at radius 3 is 2.17 bits per heavy atom. The Kier molecular flexibility index (Phi) is 3.48. The second-order valence-electron chi connectivity index (χ2n) is 6.28. The summed E-state index contributed by atoms with van der Waals surface area (Å²) in [6.45, 7) is 6.19. The van der Waals surface area contributed by atoms with Crippen LogP contribution in [0.1, 0.15) is 30.7 Å². The molecule has 3 heterocycles. The van der Waals surface area contributed by atoms with E-state index in [1.54, 1.807) is 0 Å². The molecule has 1 saturated heterocycles. The number of nitrogens with zero attached hydrogens (tertiary/aromatic N) is 5. The van der Waals surface area contributed by atoms with Gasteiger partial charge in [-0.05, 0) is 39.2 Å². The van der Waals surface area contributed by atoms with Crippen molar-refractivity contribution in [2.24, 2.45) is 0 Å². The average molecular weight is 307 g/mol. The van der Waals surface area contributed by atoms with E-state index in [0.717, 1.165) is 46.9 Å². The lowest BCUT2D eigenvalue weighted by atomic mass is 10.1. The van der Waals surface area contributed by atoms with Crippen molar-refractivity contribution in [2.45, 2.75) is 33.1 Å². The molecule has 3 aromatic rings. The van der Waals surface area contributed by atoms with Crippen LogP contribution in [0.15, 0.2) is 30.3 Å². The van der Waals surface area contributed by atoms with Gasteiger partial charge in [0.25, 0.3) is 0 Å². The van der Waals surface area contributed by atoms with E-state index in [1.807, 2.05) is 11.6 Å². The second kappa shape index (κ2) is 5.65. The van der Waals surface area contributed by atoms with Gasteiger partial charge in [0.1, 0.15) is 0 Å². The summed E-state index contributed by atoms with van der Waals surface area (Å²) in [5.41, 5.74) is 2.07. The summed E-state index contributed by atoms with van der Waals surface area (Å²) in [6.07, 6.45) is 3.77. The molecular formula is C18H21N5. The van der Waals surface area contributed by atoms with Gasteiger partial charge in [-0.15, -0.1) is 10.2 Å². The zero-order valence-electron chi connectivity index (χ0n) is 13.7. The highest BCUT2D eigenvalue weighted by Gasteiger charge is 2.18. The third-order valence-electron chi connectivity index (χ3n) is 4.51. The van der Waals surface area contributed by atoms with Gasteiger partial charge >= 0.3 is 0 Å². The lowest BCUT2D eigenvalue weighted by Gasteiger charge is -2.28. The van der Waals surface area contributed by atoms with Crippen molar-refractivity contribution in [3.05, 3.63) is 41.7 Å². The summed E-state index contributed by atoms with van der Waals surface area (Å²) in [5.74, 6) is 1.82. The zero-order valence-corrected chi connectivity index (χ0v) is 13.7. The molecular weight excluding hydrogens is 286 g/mol. The molecule has 4 rings (SSSR count). The van der Waals surface area contributed by atoms with Crippen LogP contribution >= 0.6 is 0 Å². The largest absolute Gasteiger partial charge is 0.355 e. The zero-order chi connectivity index (χ0) is 15.8. The number of benzene rings is 1. The molecule has 5 nitrogen and oxygen atoms in total. The summed E-state index contributed by atoms with van der Waals surface area (Å²) in [5, 5.41) is 15.9. The number of rotatable bonds is 2. The Morgan fingerprint density at radius 2 is 1.52 bits per heavy atom. The maximum absolute atomic E-state index is 4.57. The molecule has 0 saturated carbocycles. The van der Waals surface area contributed by atoms with Gasteiger partial charge in [-0.3, -0.25) is 0 Å². The SMILES string of the molecule is Cc1cc(C)n(-c2nnc(N3CCCCC3)c3ccccc23)n1. The quantitative estimate of drug-likeness (QED) is 0.728. The third kappa shape index (κ3) is 2.46. The van der Waals surface area contributed by atoms with Gasteiger partial charge in [-0.1, -0.05) is 24.3 Å². The van der Waals surface area contributed by atoms with Gasteiger partial charge in [-0.2, -0.15) is 5.10 Å². The number of aryl methyl sites for hydroxylation is 2. The number of anilines is 1. The Morgan fingerprint density at radius 1 is 0.870 bits per heavy atom. The van der Waals surface area contributed by atoms with Crippen molar-refractivity contribution in [1.29, 1.82) is 0 Å². The predicted molar refractivity (Wildman–Crippen MR) is 92.2 cm³/mol. The van der Waals surface area contributed by atoms with E-state index in [4.69, 9.17) is 0 Å². The first kappa shape index (κ1) is 14.2. The fraction of sp³-hybridized carbons (Fsp3) is 0.389. The number of piperidine rings is 1. The molecule has 118 valence electrons. The Labute approximate surface area is 135 Å². The number of hydrogen-bond donors (Lipinski definition) is 0. The summed E-state index contributed by atoms with van der Waals surface area (Å²) in [6, 6.07) is 10.4. The highest BCUT2D eigenvalue weighted by atomic mass is 15.4. The molecule has 2 aromatic heterocycles. The molecule has 0 radical (unpaired) electrons. The summed E-state index contributed by atoms with van der Waals surface area (Å²) < 4.78 is 1.89. The van der Waals surface area contributed by atoms with E-state index in [2.05, 4.69) is 57.5 Å². The van der Waals surface area contributed by atoms with Crippen molar-refractivity contribution in [3.8, 4) is 5.82 Å². The normalized spacial score (nSPS) is 15.3. The first-order chi connectivity index (χ1) is 11.2. The van der Waals surface area contributed by atoms with E-state index in [0.29, 0.717) is 0 Å². The van der Waals surface area contributed by atoms with Crippen molar-refractivity contribution in [1.82, 2.24) is 20.0 Å². The average Bonchev–Trinajstić information content (AvgIpc) is 2.93. The van der Waals surface area contributed by atoms with E-state index in [-0.39, 0.29) is 0 Å². The predicted octanol–water partition coefficient (Wildman–Crippen LogP) is 3.42. The van der Waals surface area contributed by atoms with Crippen LogP contribution in [0.25, 0.3) is 16.6 Å². The van der Waals surface area contributed by atoms with E-state index in [1.165, 1.54) is 19.3 Å². The van der Waals surface area contributed by atoms with Gasteiger partial charge in [0.05, 0.1) is 5.69 Å². The molecule has 0 aliphatic carbocycles. The van der Waals surface area contributed by atoms with Crippen LogP contribution in [-0.4, -0.2) is 33.1 Å². The summed E-state index contributed by atoms with van der Waals surface area (Å²) in [7, 11) is 0. The highest BCUT2D eigenvalue weighted by Crippen LogP contribution is 2.29. The molecule has 0 amide bonds. The van der Waals surface area contributed by atoms with E-state index < -0.39 is 0 Å². The fourth-order valence-corrected chi connectivity index (χ4v) is 3.41. The van der Waals surface area contributed by atoms with Crippen LogP contribution in [0.3, 0.4) is 0 Å². The molecule has 0 unspecified atom stereocenters. The molecule has 1 aromatic carbocycles. The van der Waals surface area contributed by atoms with Gasteiger partial charge in [0, 0.05) is 29.6 Å². The molecule has 1 fully saturated rings. The summed E-state index contributed by atoms with van der Waals surface area (Å²) in [4.78, 5) is 2.36. The second-order valence-corrected chi connectivity index (χ2v) is 6.28. The Bertz CT molecular complexity index is 846. The van der Waals surface area contributed by atoms with Crippen LogP contribution in [0.2, 0.25) is 0 Å². The van der Waals surface area contributed by atoms with Crippen LogP contribution < -0.4 is 4.90 Å². The molecule has 0 spiro atoms. The lowest BCUT2D eigenvalue weighted by molar-refractivity contribution is 0.572. The smallest absolute Gasteiger partial charge is 0.183 e. The Balaban J connectivity index is 1.90. The first-order valence-corrected chi connectivity index (χ1v) is 8.28. The van der Waals surface area contributed by atoms with E-state index >= 15 is 0 Å². The fourth-order valence-electron chi connectivity index (χ4n) is 3.41. The van der Waals surface area contributed by atoms with Gasteiger partial charge in [0.2, 0.25) is 0 Å². The van der Waals surface area contributed by atoms with Crippen LogP contribution in [0, 0.1) is 13.8 Å². The van der Waals surface area contributed by atoms with Gasteiger partial charge in [-0.25, -0.2) is 4.68 Å². The van der Waals surface area contributed by atoms with Gasteiger partial charge in [0.15, 0.2) is 11.6 Å². The number of fused-ring (bicyclic) bond motifs is 1. The molecule has 5 heteroatoms. The van der Waals surface area contributed by atoms with Crippen molar-refractivity contribution >= 4 is 16.6 Å². The highest BCUT2D eigenvalue weighted by molar-refractivity contribution is 5.96. The van der Waals surface area contributed by atoms with Crippen LogP contribution in [0.5, 0.6) is 0 Å². The molecule has 23 heavy (non-hydrogen) atoms.